The standard InChI is InChI=1S/C41H49N11O6S.ClH/c53-34(43-26-12-14-28(15-13-26)49-19-21-50(22-20-49)36(55)25-59-41-44-30-8-3-4-9-31(30)45-41)11-2-1-5-18-51-24-27(47-48-51)23-42-32-10-6-7-29-37(32)40(58)52(39(29)57)33-16-17-35(54)46-38(33)56;/h6-7,10,12-15,24,30-31,33,42H,1-5,8-9,11,16-23,25H2,(H,43,53)(H,44,45)(H,46,54,56);1H/t30-,31-,33?;/m1./s1. The lowest BCUT2D eigenvalue weighted by Crippen LogP contribution is -3.00. The number of nitrogens with zero attached hydrogens (tertiary/aromatic N) is 6. The molecular weight excluding hydrogens is 810 g/mol. The van der Waals surface area contributed by atoms with Crippen LogP contribution in [0, 0.1) is 0 Å². The van der Waals surface area contributed by atoms with Gasteiger partial charge in [0.05, 0.1) is 29.6 Å². The van der Waals surface area contributed by atoms with Crippen molar-refractivity contribution in [1.29, 1.82) is 0 Å². The number of hydrogen-bond donors (Lipinski definition) is 5. The van der Waals surface area contributed by atoms with E-state index in [-0.39, 0.29) is 54.7 Å². The van der Waals surface area contributed by atoms with Crippen molar-refractivity contribution < 1.29 is 46.2 Å². The van der Waals surface area contributed by atoms with Crippen LogP contribution >= 0.6 is 11.8 Å². The van der Waals surface area contributed by atoms with Gasteiger partial charge in [-0.05, 0) is 93.1 Å². The molecule has 17 nitrogen and oxygen atoms in total. The fourth-order valence-electron chi connectivity index (χ4n) is 8.47. The zero-order valence-electron chi connectivity index (χ0n) is 33.3. The van der Waals surface area contributed by atoms with Crippen molar-refractivity contribution in [1.82, 2.24) is 35.4 Å². The summed E-state index contributed by atoms with van der Waals surface area (Å²) in [4.78, 5) is 84.9. The average Bonchev–Trinajstić information content (AvgIpc) is 3.95. The summed E-state index contributed by atoms with van der Waals surface area (Å²) in [5, 5.41) is 21.4. The molecule has 1 aliphatic carbocycles. The van der Waals surface area contributed by atoms with E-state index in [0.29, 0.717) is 55.3 Å². The highest BCUT2D eigenvalue weighted by atomic mass is 35.5. The van der Waals surface area contributed by atoms with Gasteiger partial charge in [-0.15, -0.1) is 5.10 Å². The Bertz CT molecular complexity index is 2140. The van der Waals surface area contributed by atoms with E-state index >= 15 is 0 Å². The van der Waals surface area contributed by atoms with E-state index in [1.54, 1.807) is 34.6 Å². The predicted molar refractivity (Wildman–Crippen MR) is 220 cm³/mol. The normalized spacial score (nSPS) is 21.1. The fraction of sp³-hybridized carbons (Fsp3) is 0.488. The largest absolute Gasteiger partial charge is 1.00 e. The molecule has 5 N–H and O–H groups in total. The zero-order chi connectivity index (χ0) is 40.9. The first kappa shape index (κ1) is 42.6. The molecule has 2 saturated heterocycles. The monoisotopic (exact) mass is 859 g/mol. The van der Waals surface area contributed by atoms with Crippen molar-refractivity contribution in [2.24, 2.45) is 0 Å². The van der Waals surface area contributed by atoms with Crippen molar-refractivity contribution in [3.63, 3.8) is 0 Å². The van der Waals surface area contributed by atoms with Gasteiger partial charge in [-0.25, -0.2) is 0 Å². The maximum absolute atomic E-state index is 13.4. The third-order valence-electron chi connectivity index (χ3n) is 11.7. The first-order valence-corrected chi connectivity index (χ1v) is 21.6. The summed E-state index contributed by atoms with van der Waals surface area (Å²) in [6.07, 6.45) is 9.65. The van der Waals surface area contributed by atoms with Crippen molar-refractivity contribution in [3.8, 4) is 0 Å². The lowest BCUT2D eigenvalue weighted by molar-refractivity contribution is -0.496. The third kappa shape index (κ3) is 9.75. The molecule has 1 aromatic heterocycles. The minimum atomic E-state index is -1.03. The van der Waals surface area contributed by atoms with Crippen molar-refractivity contribution >= 4 is 69.4 Å². The molecule has 60 heavy (non-hydrogen) atoms. The summed E-state index contributed by atoms with van der Waals surface area (Å²) in [7, 11) is 0. The zero-order valence-corrected chi connectivity index (χ0v) is 34.9. The Morgan fingerprint density at radius 2 is 1.72 bits per heavy atom. The molecule has 3 aromatic rings. The third-order valence-corrected chi connectivity index (χ3v) is 12.6. The molecule has 3 atom stereocenters. The molecule has 0 spiro atoms. The number of anilines is 3. The van der Waals surface area contributed by atoms with Gasteiger partial charge in [0.25, 0.3) is 11.8 Å². The molecule has 3 fully saturated rings. The molecule has 0 bridgehead atoms. The van der Waals surface area contributed by atoms with E-state index in [9.17, 15) is 28.8 Å². The van der Waals surface area contributed by atoms with Gasteiger partial charge in [0.1, 0.15) is 23.8 Å². The Labute approximate surface area is 358 Å². The van der Waals surface area contributed by atoms with Crippen molar-refractivity contribution in [3.05, 3.63) is 65.5 Å². The van der Waals surface area contributed by atoms with Crippen LogP contribution in [0.2, 0.25) is 0 Å². The second kappa shape index (κ2) is 19.3. The Kier molecular flexibility index (Phi) is 13.7. The first-order valence-electron chi connectivity index (χ1n) is 20.6. The minimum absolute atomic E-state index is 0. The summed E-state index contributed by atoms with van der Waals surface area (Å²) >= 11 is 1.59. The number of carbonyl (C=O) groups is 6. The SMILES string of the molecule is O=C1CCC(N2C(=O)c3cccc(NCc4cn(CCCCCC(=O)Nc5ccc(N6CCN(C(=O)CSC7=[NH+][C@@H]8CCCC[C@H]8N7)CC6)cc5)nn4)c3C2=O)C(=O)N1.[Cl-]. The minimum Gasteiger partial charge on any atom is -1.00 e. The lowest BCUT2D eigenvalue weighted by atomic mass is 9.92. The number of thioether (sulfide) groups is 1. The quantitative estimate of drug-likeness (QED) is 0.0903. The number of piperazine rings is 1. The number of rotatable bonds is 14. The number of halogens is 1. The average molecular weight is 860 g/mol. The van der Waals surface area contributed by atoms with Gasteiger partial charge in [0.2, 0.25) is 23.6 Å². The van der Waals surface area contributed by atoms with Crippen LogP contribution in [-0.4, -0.2) is 115 Å². The van der Waals surface area contributed by atoms with E-state index in [2.05, 4.69) is 41.5 Å². The summed E-state index contributed by atoms with van der Waals surface area (Å²) in [5.74, 6) is -1.64. The number of piperidine rings is 1. The number of carbonyl (C=O) groups excluding carboxylic acids is 6. The number of aromatic nitrogens is 3. The number of unbranched alkanes of at least 4 members (excludes halogenated alkanes) is 2. The second-order valence-corrected chi connectivity index (χ2v) is 16.7. The summed E-state index contributed by atoms with van der Waals surface area (Å²) in [6.45, 7) is 3.79. The number of imide groups is 2. The summed E-state index contributed by atoms with van der Waals surface area (Å²) in [5.41, 5.74) is 3.29. The molecule has 318 valence electrons. The van der Waals surface area contributed by atoms with E-state index in [4.69, 9.17) is 0 Å². The highest BCUT2D eigenvalue weighted by Crippen LogP contribution is 2.32. The highest BCUT2D eigenvalue weighted by molar-refractivity contribution is 8.14. The molecular formula is C41H50ClN11O6S. The van der Waals surface area contributed by atoms with Crippen molar-refractivity contribution in [2.75, 3.05) is 47.5 Å². The van der Waals surface area contributed by atoms with Gasteiger partial charge in [0, 0.05) is 62.6 Å². The predicted octanol–water partition coefficient (Wildman–Crippen LogP) is -1.77. The molecule has 8 rings (SSSR count). The number of nitrogens with one attached hydrogen (secondary N) is 5. The number of fused-ring (bicyclic) bond motifs is 2. The highest BCUT2D eigenvalue weighted by Gasteiger charge is 2.45. The van der Waals surface area contributed by atoms with Gasteiger partial charge in [-0.3, -0.25) is 54.0 Å². The van der Waals surface area contributed by atoms with Gasteiger partial charge < -0.3 is 32.8 Å². The maximum atomic E-state index is 13.4. The van der Waals surface area contributed by atoms with Gasteiger partial charge >= 0.3 is 5.17 Å². The van der Waals surface area contributed by atoms with Gasteiger partial charge in [-0.2, -0.15) is 0 Å². The van der Waals surface area contributed by atoms with Crippen LogP contribution in [0.25, 0.3) is 0 Å². The van der Waals surface area contributed by atoms with E-state index in [1.165, 1.54) is 25.7 Å². The van der Waals surface area contributed by atoms with Crippen LogP contribution in [0.5, 0.6) is 0 Å². The van der Waals surface area contributed by atoms with Crippen LogP contribution in [0.1, 0.15) is 90.6 Å². The molecule has 2 aromatic carbocycles. The Balaban J connectivity index is 0.00000544. The first-order chi connectivity index (χ1) is 28.7. The van der Waals surface area contributed by atoms with Crippen LogP contribution in [-0.2, 0) is 32.3 Å². The van der Waals surface area contributed by atoms with Crippen LogP contribution in [0.4, 0.5) is 17.1 Å². The number of benzene rings is 2. The Hall–Kier alpha value is -5.49. The molecule has 4 aliphatic heterocycles. The number of hydrogen-bond acceptors (Lipinski definition) is 12. The number of aryl methyl sites for hydroxylation is 1. The van der Waals surface area contributed by atoms with Crippen LogP contribution < -0.4 is 43.6 Å². The maximum Gasteiger partial charge on any atom is 0.305 e. The van der Waals surface area contributed by atoms with E-state index < -0.39 is 29.7 Å². The molecule has 6 amide bonds. The summed E-state index contributed by atoms with van der Waals surface area (Å²) < 4.78 is 1.74. The molecule has 5 aliphatic rings. The fourth-order valence-corrected chi connectivity index (χ4v) is 9.39. The Morgan fingerprint density at radius 3 is 2.50 bits per heavy atom. The van der Waals surface area contributed by atoms with Crippen molar-refractivity contribution in [2.45, 2.75) is 95.4 Å². The molecule has 1 unspecified atom stereocenters. The van der Waals surface area contributed by atoms with E-state index in [1.807, 2.05) is 35.4 Å². The van der Waals surface area contributed by atoms with Crippen LogP contribution in [0.15, 0.2) is 48.7 Å². The Morgan fingerprint density at radius 1 is 0.917 bits per heavy atom. The number of amidine groups is 1. The van der Waals surface area contributed by atoms with Gasteiger partial charge in [0.15, 0.2) is 0 Å². The van der Waals surface area contributed by atoms with Gasteiger partial charge in [-0.1, -0.05) is 17.7 Å². The lowest BCUT2D eigenvalue weighted by Gasteiger charge is -2.36. The molecule has 0 radical (unpaired) electrons. The second-order valence-electron chi connectivity index (χ2n) is 15.7. The number of amides is 6. The summed E-state index contributed by atoms with van der Waals surface area (Å²) in [6, 6.07) is 12.8. The van der Waals surface area contributed by atoms with E-state index in [0.717, 1.165) is 53.8 Å². The molecule has 19 heteroatoms. The molecule has 5 heterocycles. The van der Waals surface area contributed by atoms with Crippen LogP contribution in [0.3, 0.4) is 0 Å². The molecule has 1 saturated carbocycles. The smallest absolute Gasteiger partial charge is 0.305 e. The topological polar surface area (TPSA) is 205 Å².